The highest BCUT2D eigenvalue weighted by molar-refractivity contribution is 9.10. The molecule has 0 unspecified atom stereocenters. The molecule has 7 heteroatoms. The van der Waals surface area contributed by atoms with Gasteiger partial charge in [0.15, 0.2) is 5.76 Å². The average Bonchev–Trinajstić information content (AvgIpc) is 3.24. The lowest BCUT2D eigenvalue weighted by atomic mass is 10.2. The van der Waals surface area contributed by atoms with E-state index in [9.17, 15) is 4.79 Å². The molecule has 4 rings (SSSR count). The fraction of sp³-hybridized carbons (Fsp3) is 0.261. The fourth-order valence-corrected chi connectivity index (χ4v) is 4.22. The van der Waals surface area contributed by atoms with E-state index in [-0.39, 0.29) is 12.5 Å². The van der Waals surface area contributed by atoms with Crippen LogP contribution in [0.5, 0.6) is 5.75 Å². The highest BCUT2D eigenvalue weighted by Gasteiger charge is 2.24. The number of ether oxygens (including phenoxy) is 1. The topological polar surface area (TPSA) is 45.9 Å². The summed E-state index contributed by atoms with van der Waals surface area (Å²) in [5, 5.41) is 0. The van der Waals surface area contributed by atoms with E-state index in [4.69, 9.17) is 9.15 Å². The molecular weight excluding hydrogens is 512 g/mol. The number of amides is 1. The Bertz CT molecular complexity index is 1010. The van der Waals surface area contributed by atoms with Crippen molar-refractivity contribution in [1.29, 1.82) is 0 Å². The molecule has 1 aliphatic heterocycles. The molecule has 0 saturated carbocycles. The zero-order valence-corrected chi connectivity index (χ0v) is 19.6. The molecule has 0 spiro atoms. The van der Waals surface area contributed by atoms with Crippen LogP contribution in [0.4, 0.5) is 0 Å². The van der Waals surface area contributed by atoms with E-state index in [1.165, 1.54) is 5.56 Å². The smallest absolute Gasteiger partial charge is 0.289 e. The Labute approximate surface area is 192 Å². The second-order valence-corrected chi connectivity index (χ2v) is 8.85. The molecule has 1 fully saturated rings. The molecule has 3 aromatic rings. The van der Waals surface area contributed by atoms with Crippen LogP contribution in [0.15, 0.2) is 74.0 Å². The van der Waals surface area contributed by atoms with Crippen molar-refractivity contribution in [2.75, 3.05) is 26.2 Å². The van der Waals surface area contributed by atoms with Gasteiger partial charge in [0.2, 0.25) is 0 Å². The van der Waals surface area contributed by atoms with Crippen molar-refractivity contribution >= 4 is 37.8 Å². The predicted octanol–water partition coefficient (Wildman–Crippen LogP) is 5.34. The van der Waals surface area contributed by atoms with Crippen LogP contribution in [0.25, 0.3) is 0 Å². The van der Waals surface area contributed by atoms with Gasteiger partial charge in [-0.05, 0) is 51.8 Å². The van der Waals surface area contributed by atoms with Crippen molar-refractivity contribution in [2.45, 2.75) is 13.2 Å². The van der Waals surface area contributed by atoms with Gasteiger partial charge in [0.05, 0.1) is 4.47 Å². The number of furan rings is 1. The maximum atomic E-state index is 12.8. The van der Waals surface area contributed by atoms with Crippen LogP contribution in [-0.4, -0.2) is 41.9 Å². The molecule has 1 aromatic heterocycles. The first-order valence-electron chi connectivity index (χ1n) is 9.81. The van der Waals surface area contributed by atoms with Crippen molar-refractivity contribution < 1.29 is 13.9 Å². The van der Waals surface area contributed by atoms with Crippen LogP contribution in [0.3, 0.4) is 0 Å². The molecule has 2 aromatic carbocycles. The van der Waals surface area contributed by atoms with Crippen LogP contribution < -0.4 is 4.74 Å². The van der Waals surface area contributed by atoms with E-state index in [0.717, 1.165) is 34.3 Å². The van der Waals surface area contributed by atoms with Crippen molar-refractivity contribution in [2.24, 2.45) is 0 Å². The van der Waals surface area contributed by atoms with Gasteiger partial charge in [-0.2, -0.15) is 0 Å². The van der Waals surface area contributed by atoms with Gasteiger partial charge in [-0.15, -0.1) is 0 Å². The van der Waals surface area contributed by atoms with Crippen molar-refractivity contribution in [3.63, 3.8) is 0 Å². The molecule has 0 bridgehead atoms. The molecule has 5 nitrogen and oxygen atoms in total. The quantitative estimate of drug-likeness (QED) is 0.429. The monoisotopic (exact) mass is 532 g/mol. The molecule has 0 aliphatic carbocycles. The van der Waals surface area contributed by atoms with E-state index in [2.05, 4.69) is 55.0 Å². The Kier molecular flexibility index (Phi) is 6.92. The number of hydrogen-bond acceptors (Lipinski definition) is 4. The molecule has 1 saturated heterocycles. The third-order valence-corrected chi connectivity index (χ3v) is 6.52. The SMILES string of the molecule is O=C(c1ccc(COc2ccccc2Br)o1)N1CCN(Cc2ccccc2Br)CC1. The summed E-state index contributed by atoms with van der Waals surface area (Å²) in [6.45, 7) is 4.20. The van der Waals surface area contributed by atoms with Crippen LogP contribution in [-0.2, 0) is 13.2 Å². The second kappa shape index (κ2) is 9.81. The lowest BCUT2D eigenvalue weighted by molar-refractivity contribution is 0.0594. The van der Waals surface area contributed by atoms with Crippen LogP contribution >= 0.6 is 31.9 Å². The largest absolute Gasteiger partial charge is 0.484 e. The zero-order chi connectivity index (χ0) is 20.9. The Hall–Kier alpha value is -2.09. The first-order chi connectivity index (χ1) is 14.6. The van der Waals surface area contributed by atoms with Gasteiger partial charge in [-0.1, -0.05) is 46.3 Å². The van der Waals surface area contributed by atoms with Gasteiger partial charge in [-0.25, -0.2) is 0 Å². The molecule has 1 amide bonds. The zero-order valence-electron chi connectivity index (χ0n) is 16.4. The van der Waals surface area contributed by atoms with E-state index in [1.54, 1.807) is 12.1 Å². The van der Waals surface area contributed by atoms with Crippen molar-refractivity contribution in [3.8, 4) is 5.75 Å². The van der Waals surface area contributed by atoms with Gasteiger partial charge in [0.1, 0.15) is 18.1 Å². The Morgan fingerprint density at radius 3 is 2.33 bits per heavy atom. The molecule has 30 heavy (non-hydrogen) atoms. The molecule has 1 aliphatic rings. The summed E-state index contributed by atoms with van der Waals surface area (Å²) >= 11 is 7.06. The molecule has 0 N–H and O–H groups in total. The third kappa shape index (κ3) is 5.14. The molecular formula is C23H22Br2N2O3. The number of carbonyl (C=O) groups is 1. The standard InChI is InChI=1S/C23H22Br2N2O3/c24-19-6-2-1-5-17(19)15-26-11-13-27(14-12-26)23(28)22-10-9-18(30-22)16-29-21-8-4-3-7-20(21)25/h1-10H,11-16H2. The van der Waals surface area contributed by atoms with Gasteiger partial charge in [0, 0.05) is 37.2 Å². The normalized spacial score (nSPS) is 14.7. The highest BCUT2D eigenvalue weighted by atomic mass is 79.9. The van der Waals surface area contributed by atoms with Crippen LogP contribution in [0.2, 0.25) is 0 Å². The minimum absolute atomic E-state index is 0.0670. The summed E-state index contributed by atoms with van der Waals surface area (Å²) in [6.07, 6.45) is 0. The number of hydrogen-bond donors (Lipinski definition) is 0. The first-order valence-corrected chi connectivity index (χ1v) is 11.4. The first kappa shape index (κ1) is 21.2. The minimum Gasteiger partial charge on any atom is -0.484 e. The number of halogens is 2. The Morgan fingerprint density at radius 1 is 0.900 bits per heavy atom. The van der Waals surface area contributed by atoms with Crippen molar-refractivity contribution in [1.82, 2.24) is 9.80 Å². The molecule has 0 radical (unpaired) electrons. The maximum Gasteiger partial charge on any atom is 0.289 e. The third-order valence-electron chi connectivity index (χ3n) is 5.09. The summed E-state index contributed by atoms with van der Waals surface area (Å²) in [7, 11) is 0. The van der Waals surface area contributed by atoms with Crippen LogP contribution in [0.1, 0.15) is 21.9 Å². The number of benzene rings is 2. The average molecular weight is 534 g/mol. The summed E-state index contributed by atoms with van der Waals surface area (Å²) < 4.78 is 13.5. The number of carbonyl (C=O) groups excluding carboxylic acids is 1. The minimum atomic E-state index is -0.0670. The summed E-state index contributed by atoms with van der Waals surface area (Å²) in [6, 6.07) is 19.4. The van der Waals surface area contributed by atoms with Crippen molar-refractivity contribution in [3.05, 3.63) is 86.7 Å². The predicted molar refractivity (Wildman–Crippen MR) is 123 cm³/mol. The van der Waals surface area contributed by atoms with E-state index >= 15 is 0 Å². The van der Waals surface area contributed by atoms with E-state index in [1.807, 2.05) is 35.2 Å². The Morgan fingerprint density at radius 2 is 1.60 bits per heavy atom. The lowest BCUT2D eigenvalue weighted by Crippen LogP contribution is -2.48. The van der Waals surface area contributed by atoms with E-state index < -0.39 is 0 Å². The maximum absolute atomic E-state index is 12.8. The Balaban J connectivity index is 1.29. The number of nitrogens with zero attached hydrogens (tertiary/aromatic N) is 2. The molecule has 156 valence electrons. The summed E-state index contributed by atoms with van der Waals surface area (Å²) in [4.78, 5) is 17.0. The van der Waals surface area contributed by atoms with Gasteiger partial charge in [0.25, 0.3) is 5.91 Å². The van der Waals surface area contributed by atoms with Gasteiger partial charge in [-0.3, -0.25) is 9.69 Å². The number of piperazine rings is 1. The van der Waals surface area contributed by atoms with Gasteiger partial charge >= 0.3 is 0 Å². The van der Waals surface area contributed by atoms with Gasteiger partial charge < -0.3 is 14.1 Å². The summed E-state index contributed by atoms with van der Waals surface area (Å²) in [5.74, 6) is 1.66. The fourth-order valence-electron chi connectivity index (χ4n) is 3.41. The lowest BCUT2D eigenvalue weighted by Gasteiger charge is -2.34. The second-order valence-electron chi connectivity index (χ2n) is 7.14. The number of para-hydroxylation sites is 1. The number of rotatable bonds is 6. The van der Waals surface area contributed by atoms with E-state index in [0.29, 0.717) is 24.6 Å². The summed E-state index contributed by atoms with van der Waals surface area (Å²) in [5.41, 5.74) is 1.26. The highest BCUT2D eigenvalue weighted by Crippen LogP contribution is 2.25. The molecule has 0 atom stereocenters. The van der Waals surface area contributed by atoms with Crippen LogP contribution in [0, 0.1) is 0 Å². The molecule has 2 heterocycles.